The number of rotatable bonds is 5. The van der Waals surface area contributed by atoms with Crippen molar-refractivity contribution < 1.29 is 14.0 Å². The standard InChI is InChI=1S/C15H19ClFN3O2/c1-19(2)5-6-20-9-10(7-14(20)21)15(22)18-13-4-3-11(16)8-12(13)17/h3-4,8,10H,5-7,9H2,1-2H3,(H,18,22)/t10-/m1/s1. The van der Waals surface area contributed by atoms with E-state index in [9.17, 15) is 14.0 Å². The van der Waals surface area contributed by atoms with Crippen molar-refractivity contribution in [2.45, 2.75) is 6.42 Å². The van der Waals surface area contributed by atoms with E-state index in [1.165, 1.54) is 12.1 Å². The summed E-state index contributed by atoms with van der Waals surface area (Å²) in [6.07, 6.45) is 0.161. The van der Waals surface area contributed by atoms with Crippen LogP contribution in [0.3, 0.4) is 0 Å². The average Bonchev–Trinajstić information content (AvgIpc) is 2.81. The molecule has 1 aliphatic rings. The Morgan fingerprint density at radius 1 is 1.50 bits per heavy atom. The molecule has 0 spiro atoms. The Morgan fingerprint density at radius 3 is 2.86 bits per heavy atom. The van der Waals surface area contributed by atoms with E-state index < -0.39 is 11.7 Å². The Kier molecular flexibility index (Phi) is 5.37. The van der Waals surface area contributed by atoms with Gasteiger partial charge in [0.05, 0.1) is 11.6 Å². The Morgan fingerprint density at radius 2 is 2.23 bits per heavy atom. The lowest BCUT2D eigenvalue weighted by Gasteiger charge is -2.19. The van der Waals surface area contributed by atoms with Crippen molar-refractivity contribution in [2.75, 3.05) is 39.0 Å². The molecular formula is C15H19ClFN3O2. The minimum atomic E-state index is -0.588. The number of carbonyl (C=O) groups is 2. The van der Waals surface area contributed by atoms with Gasteiger partial charge in [0, 0.05) is 31.1 Å². The minimum absolute atomic E-state index is 0.0430. The maximum atomic E-state index is 13.7. The van der Waals surface area contributed by atoms with Crippen LogP contribution in [0.25, 0.3) is 0 Å². The first kappa shape index (κ1) is 16.7. The van der Waals surface area contributed by atoms with Crippen LogP contribution in [0.1, 0.15) is 6.42 Å². The molecule has 7 heteroatoms. The highest BCUT2D eigenvalue weighted by molar-refractivity contribution is 6.30. The molecule has 1 N–H and O–H groups in total. The van der Waals surface area contributed by atoms with E-state index >= 15 is 0 Å². The van der Waals surface area contributed by atoms with E-state index in [1.54, 1.807) is 4.90 Å². The van der Waals surface area contributed by atoms with Gasteiger partial charge in [0.15, 0.2) is 0 Å². The van der Waals surface area contributed by atoms with Crippen LogP contribution in [0, 0.1) is 11.7 Å². The monoisotopic (exact) mass is 327 g/mol. The number of halogens is 2. The van der Waals surface area contributed by atoms with Crippen molar-refractivity contribution in [1.29, 1.82) is 0 Å². The fourth-order valence-corrected chi connectivity index (χ4v) is 2.47. The van der Waals surface area contributed by atoms with Crippen LogP contribution >= 0.6 is 11.6 Å². The summed E-state index contributed by atoms with van der Waals surface area (Å²) in [7, 11) is 3.85. The van der Waals surface area contributed by atoms with Crippen molar-refractivity contribution in [2.24, 2.45) is 5.92 Å². The highest BCUT2D eigenvalue weighted by Crippen LogP contribution is 2.22. The molecule has 120 valence electrons. The molecule has 5 nitrogen and oxygen atoms in total. The molecule has 0 unspecified atom stereocenters. The third-order valence-corrected chi connectivity index (χ3v) is 3.83. The second kappa shape index (κ2) is 7.07. The van der Waals surface area contributed by atoms with Gasteiger partial charge in [-0.3, -0.25) is 9.59 Å². The van der Waals surface area contributed by atoms with E-state index in [1.807, 2.05) is 19.0 Å². The van der Waals surface area contributed by atoms with Crippen molar-refractivity contribution in [3.8, 4) is 0 Å². The van der Waals surface area contributed by atoms with Gasteiger partial charge in [-0.05, 0) is 32.3 Å². The highest BCUT2D eigenvalue weighted by atomic mass is 35.5. The number of amides is 2. The van der Waals surface area contributed by atoms with Crippen LogP contribution < -0.4 is 5.32 Å². The van der Waals surface area contributed by atoms with Crippen LogP contribution in [-0.2, 0) is 9.59 Å². The topological polar surface area (TPSA) is 52.6 Å². The van der Waals surface area contributed by atoms with Crippen LogP contribution in [0.2, 0.25) is 5.02 Å². The normalized spacial score (nSPS) is 18.1. The number of hydrogen-bond acceptors (Lipinski definition) is 3. The zero-order valence-corrected chi connectivity index (χ0v) is 13.4. The summed E-state index contributed by atoms with van der Waals surface area (Å²) in [5, 5.41) is 2.79. The van der Waals surface area contributed by atoms with Crippen molar-refractivity contribution in [1.82, 2.24) is 9.80 Å². The number of likely N-dealkylation sites (N-methyl/N-ethyl adjacent to an activating group) is 1. The summed E-state index contributed by atoms with van der Waals surface area (Å²) in [5.74, 6) is -1.43. The fraction of sp³-hybridized carbons (Fsp3) is 0.467. The maximum Gasteiger partial charge on any atom is 0.229 e. The summed E-state index contributed by atoms with van der Waals surface area (Å²) >= 11 is 5.67. The summed E-state index contributed by atoms with van der Waals surface area (Å²) in [4.78, 5) is 27.7. The Balaban J connectivity index is 1.95. The lowest BCUT2D eigenvalue weighted by molar-refractivity contribution is -0.128. The largest absolute Gasteiger partial charge is 0.341 e. The Hall–Kier alpha value is -1.66. The molecule has 22 heavy (non-hydrogen) atoms. The number of nitrogens with one attached hydrogen (secondary N) is 1. The second-order valence-corrected chi connectivity index (χ2v) is 6.09. The van der Waals surface area contributed by atoms with Crippen LogP contribution in [0.5, 0.6) is 0 Å². The maximum absolute atomic E-state index is 13.7. The Bertz CT molecular complexity index is 580. The van der Waals surface area contributed by atoms with Gasteiger partial charge >= 0.3 is 0 Å². The molecule has 0 saturated carbocycles. The molecule has 1 fully saturated rings. The van der Waals surface area contributed by atoms with E-state index in [2.05, 4.69) is 5.32 Å². The molecule has 1 saturated heterocycles. The molecule has 0 aliphatic carbocycles. The molecule has 0 aromatic heterocycles. The first-order valence-corrected chi connectivity index (χ1v) is 7.43. The average molecular weight is 328 g/mol. The zero-order valence-electron chi connectivity index (χ0n) is 12.6. The summed E-state index contributed by atoms with van der Waals surface area (Å²) in [6, 6.07) is 4.06. The first-order chi connectivity index (χ1) is 10.4. The number of nitrogens with zero attached hydrogens (tertiary/aromatic N) is 2. The van der Waals surface area contributed by atoms with E-state index in [-0.39, 0.29) is 28.9 Å². The number of carbonyl (C=O) groups excluding carboxylic acids is 2. The molecule has 1 heterocycles. The van der Waals surface area contributed by atoms with Gasteiger partial charge in [0.1, 0.15) is 5.82 Å². The number of anilines is 1. The highest BCUT2D eigenvalue weighted by Gasteiger charge is 2.34. The van der Waals surface area contributed by atoms with Crippen molar-refractivity contribution >= 4 is 29.1 Å². The third-order valence-electron chi connectivity index (χ3n) is 3.59. The SMILES string of the molecule is CN(C)CCN1C[C@H](C(=O)Nc2ccc(Cl)cc2F)CC1=O. The molecule has 1 aromatic rings. The molecule has 0 radical (unpaired) electrons. The van der Waals surface area contributed by atoms with Gasteiger partial charge in [0.2, 0.25) is 11.8 Å². The molecule has 2 amide bonds. The van der Waals surface area contributed by atoms with Gasteiger partial charge in [-0.15, -0.1) is 0 Å². The predicted molar refractivity (Wildman–Crippen MR) is 83.3 cm³/mol. The summed E-state index contributed by atoms with van der Waals surface area (Å²) < 4.78 is 13.7. The van der Waals surface area contributed by atoms with Crippen LogP contribution in [0.4, 0.5) is 10.1 Å². The summed E-state index contributed by atoms with van der Waals surface area (Å²) in [5.41, 5.74) is 0.0774. The number of likely N-dealkylation sites (tertiary alicyclic amines) is 1. The second-order valence-electron chi connectivity index (χ2n) is 5.66. The third kappa shape index (κ3) is 4.18. The van der Waals surface area contributed by atoms with Crippen molar-refractivity contribution in [3.63, 3.8) is 0 Å². The van der Waals surface area contributed by atoms with E-state index in [0.29, 0.717) is 13.1 Å². The Labute approximate surface area is 134 Å². The van der Waals surface area contributed by atoms with Crippen LogP contribution in [-0.4, -0.2) is 55.3 Å². The number of benzene rings is 1. The quantitative estimate of drug-likeness (QED) is 0.897. The van der Waals surface area contributed by atoms with Crippen molar-refractivity contribution in [3.05, 3.63) is 29.0 Å². The predicted octanol–water partition coefficient (Wildman–Crippen LogP) is 1.83. The van der Waals surface area contributed by atoms with Gasteiger partial charge in [-0.2, -0.15) is 0 Å². The van der Waals surface area contributed by atoms with E-state index in [4.69, 9.17) is 11.6 Å². The summed E-state index contributed by atoms with van der Waals surface area (Å²) in [6.45, 7) is 1.70. The lowest BCUT2D eigenvalue weighted by Crippen LogP contribution is -2.34. The lowest BCUT2D eigenvalue weighted by atomic mass is 10.1. The molecular weight excluding hydrogens is 309 g/mol. The zero-order chi connectivity index (χ0) is 16.3. The van der Waals surface area contributed by atoms with Gasteiger partial charge in [-0.1, -0.05) is 11.6 Å². The number of hydrogen-bond donors (Lipinski definition) is 1. The van der Waals surface area contributed by atoms with Gasteiger partial charge in [0.25, 0.3) is 0 Å². The fourth-order valence-electron chi connectivity index (χ4n) is 2.31. The first-order valence-electron chi connectivity index (χ1n) is 7.05. The van der Waals surface area contributed by atoms with E-state index in [0.717, 1.165) is 12.6 Å². The van der Waals surface area contributed by atoms with Gasteiger partial charge in [-0.25, -0.2) is 4.39 Å². The molecule has 2 rings (SSSR count). The molecule has 1 aromatic carbocycles. The smallest absolute Gasteiger partial charge is 0.229 e. The van der Waals surface area contributed by atoms with Crippen LogP contribution in [0.15, 0.2) is 18.2 Å². The van der Waals surface area contributed by atoms with Gasteiger partial charge < -0.3 is 15.1 Å². The molecule has 1 aliphatic heterocycles. The molecule has 0 bridgehead atoms. The molecule has 1 atom stereocenters. The minimum Gasteiger partial charge on any atom is -0.341 e.